The summed E-state index contributed by atoms with van der Waals surface area (Å²) in [6.07, 6.45) is 0. The second kappa shape index (κ2) is 6.31. The number of aromatic nitrogens is 1. The van der Waals surface area contributed by atoms with Gasteiger partial charge in [-0.25, -0.2) is 10.4 Å². The van der Waals surface area contributed by atoms with Crippen molar-refractivity contribution < 1.29 is 9.72 Å². The fourth-order valence-electron chi connectivity index (χ4n) is 1.70. The van der Waals surface area contributed by atoms with E-state index < -0.39 is 10.8 Å². The van der Waals surface area contributed by atoms with Gasteiger partial charge in [0, 0.05) is 12.1 Å². The lowest BCUT2D eigenvalue weighted by atomic mass is 10.1. The molecule has 3 N–H and O–H groups in total. The number of nitrogen functional groups attached to an aromatic ring is 1. The summed E-state index contributed by atoms with van der Waals surface area (Å²) in [6.45, 7) is 3.38. The molecule has 9 heteroatoms. The molecule has 0 aliphatic carbocycles. The topological polar surface area (TPSA) is 124 Å². The van der Waals surface area contributed by atoms with Crippen molar-refractivity contribution in [3.05, 3.63) is 50.5 Å². The van der Waals surface area contributed by atoms with Crippen LogP contribution in [-0.4, -0.2) is 21.5 Å². The van der Waals surface area contributed by atoms with Gasteiger partial charge in [-0.05, 0) is 31.5 Å². The van der Waals surface area contributed by atoms with Crippen molar-refractivity contribution in [2.45, 2.75) is 13.8 Å². The van der Waals surface area contributed by atoms with Crippen LogP contribution in [0.15, 0.2) is 29.4 Å². The van der Waals surface area contributed by atoms with E-state index in [2.05, 4.69) is 15.5 Å². The van der Waals surface area contributed by atoms with Crippen LogP contribution in [0.1, 0.15) is 27.9 Å². The molecular weight excluding hydrogens is 306 g/mol. The number of hydrogen-bond donors (Lipinski definition) is 2. The number of nitro groups is 1. The standard InChI is InChI=1S/C13H13N5O3S/c1-7(9-3-5-10(6-4-9)18(20)21)16-17-12(19)11-8(2)15-13(14)22-11/h3-6H,1-2H3,(H2,14,15)(H,17,19)/b16-7-. The minimum Gasteiger partial charge on any atom is -0.375 e. The highest BCUT2D eigenvalue weighted by Gasteiger charge is 2.13. The summed E-state index contributed by atoms with van der Waals surface area (Å²) >= 11 is 1.09. The molecule has 0 unspecified atom stereocenters. The van der Waals surface area contributed by atoms with Crippen molar-refractivity contribution in [3.8, 4) is 0 Å². The Labute approximate surface area is 129 Å². The molecule has 22 heavy (non-hydrogen) atoms. The molecule has 0 fully saturated rings. The molecule has 0 aliphatic heterocycles. The van der Waals surface area contributed by atoms with Gasteiger partial charge in [-0.1, -0.05) is 11.3 Å². The van der Waals surface area contributed by atoms with E-state index in [-0.39, 0.29) is 5.69 Å². The number of anilines is 1. The molecule has 2 aromatic rings. The van der Waals surface area contributed by atoms with Gasteiger partial charge < -0.3 is 5.73 Å². The van der Waals surface area contributed by atoms with E-state index in [9.17, 15) is 14.9 Å². The summed E-state index contributed by atoms with van der Waals surface area (Å²) in [5, 5.41) is 14.9. The SMILES string of the molecule is C/C(=N/NC(=O)c1sc(N)nc1C)c1ccc([N+](=O)[O-])cc1. The van der Waals surface area contributed by atoms with Crippen LogP contribution in [0.3, 0.4) is 0 Å². The van der Waals surface area contributed by atoms with E-state index >= 15 is 0 Å². The minimum absolute atomic E-state index is 0.00338. The summed E-state index contributed by atoms with van der Waals surface area (Å²) in [7, 11) is 0. The highest BCUT2D eigenvalue weighted by Crippen LogP contribution is 2.19. The van der Waals surface area contributed by atoms with Crippen LogP contribution in [0, 0.1) is 17.0 Å². The predicted molar refractivity (Wildman–Crippen MR) is 84.0 cm³/mol. The van der Waals surface area contributed by atoms with Gasteiger partial charge >= 0.3 is 0 Å². The molecule has 0 aliphatic rings. The second-order valence-electron chi connectivity index (χ2n) is 4.41. The molecule has 1 heterocycles. The van der Waals surface area contributed by atoms with Crippen molar-refractivity contribution in [3.63, 3.8) is 0 Å². The number of nitro benzene ring substituents is 1. The summed E-state index contributed by atoms with van der Waals surface area (Å²) in [4.78, 5) is 26.4. The Balaban J connectivity index is 2.10. The minimum atomic E-state index is -0.477. The van der Waals surface area contributed by atoms with Gasteiger partial charge in [0.1, 0.15) is 4.88 Å². The third-order valence-corrected chi connectivity index (χ3v) is 3.83. The van der Waals surface area contributed by atoms with Crippen LogP contribution in [0.25, 0.3) is 0 Å². The molecule has 1 amide bonds. The van der Waals surface area contributed by atoms with Gasteiger partial charge in [0.25, 0.3) is 11.6 Å². The van der Waals surface area contributed by atoms with Crippen molar-refractivity contribution in [1.29, 1.82) is 0 Å². The van der Waals surface area contributed by atoms with Crippen molar-refractivity contribution in [2.24, 2.45) is 5.10 Å². The number of nitrogens with zero attached hydrogens (tertiary/aromatic N) is 3. The number of carbonyl (C=O) groups is 1. The van der Waals surface area contributed by atoms with Gasteiger partial charge in [0.05, 0.1) is 16.3 Å². The average molecular weight is 319 g/mol. The number of benzene rings is 1. The lowest BCUT2D eigenvalue weighted by Gasteiger charge is -2.02. The lowest BCUT2D eigenvalue weighted by molar-refractivity contribution is -0.384. The zero-order valence-corrected chi connectivity index (χ0v) is 12.7. The van der Waals surface area contributed by atoms with Crippen LogP contribution < -0.4 is 11.2 Å². The number of aryl methyl sites for hydroxylation is 1. The third kappa shape index (κ3) is 3.44. The van der Waals surface area contributed by atoms with Crippen molar-refractivity contribution >= 4 is 33.8 Å². The van der Waals surface area contributed by atoms with Crippen molar-refractivity contribution in [2.75, 3.05) is 5.73 Å². The first-order valence-corrected chi connectivity index (χ1v) is 7.02. The molecule has 8 nitrogen and oxygen atoms in total. The van der Waals surface area contributed by atoms with E-state index in [1.54, 1.807) is 26.0 Å². The van der Waals surface area contributed by atoms with Crippen LogP contribution in [-0.2, 0) is 0 Å². The smallest absolute Gasteiger partial charge is 0.283 e. The number of thiazole rings is 1. The third-order valence-electron chi connectivity index (χ3n) is 2.84. The van der Waals surface area contributed by atoms with E-state index in [0.29, 0.717) is 27.0 Å². The van der Waals surface area contributed by atoms with Gasteiger partial charge in [-0.2, -0.15) is 5.10 Å². The molecule has 0 saturated heterocycles. The summed E-state index contributed by atoms with van der Waals surface area (Å²) in [6, 6.07) is 5.90. The molecule has 0 bridgehead atoms. The fraction of sp³-hybridized carbons (Fsp3) is 0.154. The zero-order valence-electron chi connectivity index (χ0n) is 11.9. The van der Waals surface area contributed by atoms with Crippen LogP contribution in [0.2, 0.25) is 0 Å². The summed E-state index contributed by atoms with van der Waals surface area (Å²) < 4.78 is 0. The number of hydrogen-bond acceptors (Lipinski definition) is 7. The van der Waals surface area contributed by atoms with Crippen molar-refractivity contribution in [1.82, 2.24) is 10.4 Å². The first-order chi connectivity index (χ1) is 10.4. The molecule has 1 aromatic carbocycles. The maximum absolute atomic E-state index is 12.0. The van der Waals surface area contributed by atoms with Gasteiger partial charge in [0.2, 0.25) is 0 Å². The zero-order chi connectivity index (χ0) is 16.3. The van der Waals surface area contributed by atoms with Crippen LogP contribution >= 0.6 is 11.3 Å². The van der Waals surface area contributed by atoms with Crippen LogP contribution in [0.4, 0.5) is 10.8 Å². The highest BCUT2D eigenvalue weighted by atomic mass is 32.1. The molecule has 0 spiro atoms. The van der Waals surface area contributed by atoms with E-state index in [4.69, 9.17) is 5.73 Å². The largest absolute Gasteiger partial charge is 0.375 e. The predicted octanol–water partition coefficient (Wildman–Crippen LogP) is 2.10. The fourth-order valence-corrected chi connectivity index (χ4v) is 2.43. The van der Waals surface area contributed by atoms with Gasteiger partial charge in [0.15, 0.2) is 5.13 Å². The summed E-state index contributed by atoms with van der Waals surface area (Å²) in [5.74, 6) is -0.395. The Bertz CT molecular complexity index is 752. The Hall–Kier alpha value is -2.81. The Morgan fingerprint density at radius 2 is 2.05 bits per heavy atom. The highest BCUT2D eigenvalue weighted by molar-refractivity contribution is 7.17. The average Bonchev–Trinajstić information content (AvgIpc) is 2.83. The number of nitrogens with one attached hydrogen (secondary N) is 1. The van der Waals surface area contributed by atoms with E-state index in [0.717, 1.165) is 11.3 Å². The number of nitrogens with two attached hydrogens (primary N) is 1. The first kappa shape index (κ1) is 15.6. The number of rotatable bonds is 4. The molecule has 0 atom stereocenters. The Morgan fingerprint density at radius 3 is 2.55 bits per heavy atom. The maximum atomic E-state index is 12.0. The molecule has 0 radical (unpaired) electrons. The molecule has 114 valence electrons. The number of amides is 1. The Kier molecular flexibility index (Phi) is 4.47. The number of non-ortho nitro benzene ring substituents is 1. The monoisotopic (exact) mass is 319 g/mol. The molecular formula is C13H13N5O3S. The summed E-state index contributed by atoms with van der Waals surface area (Å²) in [5.41, 5.74) is 9.70. The normalized spacial score (nSPS) is 11.3. The number of hydrazone groups is 1. The first-order valence-electron chi connectivity index (χ1n) is 6.21. The molecule has 1 aromatic heterocycles. The van der Waals surface area contributed by atoms with E-state index in [1.165, 1.54) is 12.1 Å². The molecule has 2 rings (SSSR count). The maximum Gasteiger partial charge on any atom is 0.283 e. The molecule has 0 saturated carbocycles. The quantitative estimate of drug-likeness (QED) is 0.507. The van der Waals surface area contributed by atoms with Gasteiger partial charge in [-0.15, -0.1) is 0 Å². The lowest BCUT2D eigenvalue weighted by Crippen LogP contribution is -2.19. The second-order valence-corrected chi connectivity index (χ2v) is 5.44. The Morgan fingerprint density at radius 1 is 1.41 bits per heavy atom. The van der Waals surface area contributed by atoms with Gasteiger partial charge in [-0.3, -0.25) is 14.9 Å². The van der Waals surface area contributed by atoms with Crippen LogP contribution in [0.5, 0.6) is 0 Å². The van der Waals surface area contributed by atoms with E-state index in [1.807, 2.05) is 0 Å². The number of carbonyl (C=O) groups excluding carboxylic acids is 1.